The minimum atomic E-state index is -0.535. The summed E-state index contributed by atoms with van der Waals surface area (Å²) in [6.45, 7) is 7.04. The molecule has 122 valence electrons. The van der Waals surface area contributed by atoms with E-state index in [1.54, 1.807) is 28.8 Å². The van der Waals surface area contributed by atoms with E-state index in [0.29, 0.717) is 26.2 Å². The molecule has 0 unspecified atom stereocenters. The fraction of sp³-hybridized carbons (Fsp3) is 0.667. The number of rotatable bonds is 2. The highest BCUT2D eigenvalue weighted by Gasteiger charge is 2.28. The van der Waals surface area contributed by atoms with Gasteiger partial charge in [-0.3, -0.25) is 4.79 Å². The molecule has 1 heterocycles. The van der Waals surface area contributed by atoms with Crippen molar-refractivity contribution in [3.05, 3.63) is 11.8 Å². The van der Waals surface area contributed by atoms with Crippen molar-refractivity contribution >= 4 is 12.0 Å². The smallest absolute Gasteiger partial charge is 0.410 e. The lowest BCUT2D eigenvalue weighted by Crippen LogP contribution is -2.51. The van der Waals surface area contributed by atoms with Crippen LogP contribution in [-0.2, 0) is 9.53 Å². The minimum Gasteiger partial charge on any atom is -0.444 e. The van der Waals surface area contributed by atoms with E-state index in [1.165, 1.54) is 6.20 Å². The molecule has 0 radical (unpaired) electrons. The number of amides is 2. The van der Waals surface area contributed by atoms with Crippen molar-refractivity contribution in [3.63, 3.8) is 0 Å². The van der Waals surface area contributed by atoms with E-state index < -0.39 is 5.60 Å². The largest absolute Gasteiger partial charge is 0.444 e. The molecule has 0 saturated carbocycles. The van der Waals surface area contributed by atoms with Crippen LogP contribution in [0.1, 0.15) is 20.8 Å². The maximum Gasteiger partial charge on any atom is 0.410 e. The van der Waals surface area contributed by atoms with Gasteiger partial charge in [-0.2, -0.15) is 5.26 Å². The highest BCUT2D eigenvalue weighted by Crippen LogP contribution is 2.13. The number of nitrogens with zero attached hydrogens (tertiary/aromatic N) is 4. The average molecular weight is 308 g/mol. The van der Waals surface area contributed by atoms with Gasteiger partial charge in [-0.15, -0.1) is 0 Å². The molecule has 0 atom stereocenters. The maximum absolute atomic E-state index is 12.2. The van der Waals surface area contributed by atoms with Crippen molar-refractivity contribution in [2.45, 2.75) is 26.4 Å². The van der Waals surface area contributed by atoms with Gasteiger partial charge < -0.3 is 19.4 Å². The highest BCUT2D eigenvalue weighted by molar-refractivity contribution is 5.97. The van der Waals surface area contributed by atoms with E-state index in [1.807, 2.05) is 26.8 Å². The Kier molecular flexibility index (Phi) is 5.80. The second-order valence-corrected chi connectivity index (χ2v) is 6.38. The summed E-state index contributed by atoms with van der Waals surface area (Å²) in [5.74, 6) is -0.306. The zero-order valence-electron chi connectivity index (χ0n) is 13.9. The molecule has 1 saturated heterocycles. The predicted molar refractivity (Wildman–Crippen MR) is 81.8 cm³/mol. The van der Waals surface area contributed by atoms with Crippen LogP contribution in [0.15, 0.2) is 11.8 Å². The first kappa shape index (κ1) is 17.8. The third-order valence-corrected chi connectivity index (χ3v) is 2.96. The fourth-order valence-corrected chi connectivity index (χ4v) is 1.98. The maximum atomic E-state index is 12.2. The average Bonchev–Trinajstić information content (AvgIpc) is 2.42. The molecule has 7 nitrogen and oxygen atoms in total. The second-order valence-electron chi connectivity index (χ2n) is 6.38. The summed E-state index contributed by atoms with van der Waals surface area (Å²) in [4.78, 5) is 29.0. The quantitative estimate of drug-likeness (QED) is 0.562. The Morgan fingerprint density at radius 2 is 1.64 bits per heavy atom. The van der Waals surface area contributed by atoms with Crippen molar-refractivity contribution in [2.24, 2.45) is 0 Å². The first-order chi connectivity index (χ1) is 10.1. The SMILES string of the molecule is CN(C)/C=C(\C#N)C(=O)N1CCN(C(=O)OC(C)(C)C)CC1. The summed E-state index contributed by atoms with van der Waals surface area (Å²) in [5.41, 5.74) is -0.442. The van der Waals surface area contributed by atoms with Crippen LogP contribution in [0.3, 0.4) is 0 Å². The molecule has 1 aliphatic heterocycles. The number of nitriles is 1. The number of piperazine rings is 1. The Morgan fingerprint density at radius 3 is 2.05 bits per heavy atom. The minimum absolute atomic E-state index is 0.0933. The number of hydrogen-bond donors (Lipinski definition) is 0. The molecule has 0 aromatic heterocycles. The molecule has 1 aliphatic rings. The molecule has 0 bridgehead atoms. The number of carbonyl (C=O) groups is 2. The van der Waals surface area contributed by atoms with Gasteiger partial charge >= 0.3 is 6.09 Å². The predicted octanol–water partition coefficient (Wildman–Crippen LogP) is 1.03. The molecular weight excluding hydrogens is 284 g/mol. The fourth-order valence-electron chi connectivity index (χ4n) is 1.98. The van der Waals surface area contributed by atoms with Gasteiger partial charge in [0.2, 0.25) is 0 Å². The van der Waals surface area contributed by atoms with Gasteiger partial charge in [-0.25, -0.2) is 4.79 Å². The van der Waals surface area contributed by atoms with Gasteiger partial charge in [0.1, 0.15) is 17.2 Å². The van der Waals surface area contributed by atoms with Crippen molar-refractivity contribution in [1.29, 1.82) is 5.26 Å². The lowest BCUT2D eigenvalue weighted by atomic mass is 10.2. The van der Waals surface area contributed by atoms with Crippen LogP contribution in [0.25, 0.3) is 0 Å². The summed E-state index contributed by atoms with van der Waals surface area (Å²) in [6, 6.07) is 1.92. The van der Waals surface area contributed by atoms with Crippen LogP contribution in [0.2, 0.25) is 0 Å². The first-order valence-corrected chi connectivity index (χ1v) is 7.19. The standard InChI is InChI=1S/C15H24N4O3/c1-15(2,3)22-14(21)19-8-6-18(7-9-19)13(20)12(10-16)11-17(4)5/h11H,6-9H2,1-5H3/b12-11+. The van der Waals surface area contributed by atoms with E-state index in [0.717, 1.165) is 0 Å². The molecule has 0 aliphatic carbocycles. The molecule has 7 heteroatoms. The van der Waals surface area contributed by atoms with Gasteiger partial charge in [0, 0.05) is 46.5 Å². The Hall–Kier alpha value is -2.23. The van der Waals surface area contributed by atoms with Crippen LogP contribution >= 0.6 is 0 Å². The van der Waals surface area contributed by atoms with Crippen LogP contribution < -0.4 is 0 Å². The van der Waals surface area contributed by atoms with Gasteiger partial charge in [0.05, 0.1) is 0 Å². The third-order valence-electron chi connectivity index (χ3n) is 2.96. The molecule has 0 aromatic rings. The highest BCUT2D eigenvalue weighted by atomic mass is 16.6. The Balaban J connectivity index is 2.60. The summed E-state index contributed by atoms with van der Waals surface area (Å²) >= 11 is 0. The van der Waals surface area contributed by atoms with E-state index >= 15 is 0 Å². The van der Waals surface area contributed by atoms with E-state index in [9.17, 15) is 9.59 Å². The molecule has 1 fully saturated rings. The van der Waals surface area contributed by atoms with Crippen LogP contribution in [0.4, 0.5) is 4.79 Å². The lowest BCUT2D eigenvalue weighted by Gasteiger charge is -2.35. The monoisotopic (exact) mass is 308 g/mol. The van der Waals surface area contributed by atoms with Crippen molar-refractivity contribution < 1.29 is 14.3 Å². The molecule has 2 amide bonds. The third kappa shape index (κ3) is 5.28. The summed E-state index contributed by atoms with van der Waals surface area (Å²) < 4.78 is 5.31. The summed E-state index contributed by atoms with van der Waals surface area (Å²) in [7, 11) is 3.51. The molecule has 0 N–H and O–H groups in total. The Labute approximate surface area is 131 Å². The molecule has 22 heavy (non-hydrogen) atoms. The number of ether oxygens (including phenoxy) is 1. The number of carbonyl (C=O) groups excluding carboxylic acids is 2. The van der Waals surface area contributed by atoms with Gasteiger partial charge in [0.15, 0.2) is 0 Å². The molecule has 1 rings (SSSR count). The van der Waals surface area contributed by atoms with Gasteiger partial charge in [0.25, 0.3) is 5.91 Å². The van der Waals surface area contributed by atoms with Gasteiger partial charge in [-0.1, -0.05) is 0 Å². The van der Waals surface area contributed by atoms with E-state index in [2.05, 4.69) is 0 Å². The van der Waals surface area contributed by atoms with Crippen LogP contribution in [-0.4, -0.2) is 72.6 Å². The zero-order valence-corrected chi connectivity index (χ0v) is 13.9. The first-order valence-electron chi connectivity index (χ1n) is 7.19. The van der Waals surface area contributed by atoms with Crippen LogP contribution in [0.5, 0.6) is 0 Å². The normalized spacial score (nSPS) is 16.1. The Bertz CT molecular complexity index is 492. The lowest BCUT2D eigenvalue weighted by molar-refractivity contribution is -0.128. The molecule has 0 spiro atoms. The van der Waals surface area contributed by atoms with Gasteiger partial charge in [-0.05, 0) is 20.8 Å². The van der Waals surface area contributed by atoms with E-state index in [4.69, 9.17) is 10.00 Å². The summed E-state index contributed by atoms with van der Waals surface area (Å²) in [6.07, 6.45) is 1.13. The summed E-state index contributed by atoms with van der Waals surface area (Å²) in [5, 5.41) is 9.07. The number of hydrogen-bond acceptors (Lipinski definition) is 5. The van der Waals surface area contributed by atoms with E-state index in [-0.39, 0.29) is 17.6 Å². The molecular formula is C15H24N4O3. The Morgan fingerprint density at radius 1 is 1.14 bits per heavy atom. The van der Waals surface area contributed by atoms with Crippen molar-refractivity contribution in [3.8, 4) is 6.07 Å². The van der Waals surface area contributed by atoms with Crippen molar-refractivity contribution in [1.82, 2.24) is 14.7 Å². The second kappa shape index (κ2) is 7.16. The zero-order chi connectivity index (χ0) is 16.9. The topological polar surface area (TPSA) is 76.9 Å². The van der Waals surface area contributed by atoms with Crippen molar-refractivity contribution in [2.75, 3.05) is 40.3 Å². The van der Waals surface area contributed by atoms with Crippen LogP contribution in [0, 0.1) is 11.3 Å². The molecule has 0 aromatic carbocycles.